The minimum atomic E-state index is -3.71. The van der Waals surface area contributed by atoms with E-state index in [-0.39, 0.29) is 35.6 Å². The summed E-state index contributed by atoms with van der Waals surface area (Å²) >= 11 is 0. The van der Waals surface area contributed by atoms with E-state index < -0.39 is 15.8 Å². The number of halogens is 2. The second-order valence-electron chi connectivity index (χ2n) is 6.42. The number of benzene rings is 2. The Labute approximate surface area is 161 Å². The highest BCUT2D eigenvalue weighted by Gasteiger charge is 2.32. The molecular weight excluding hydrogens is 388 g/mol. The fraction of sp³-hybridized carbons (Fsp3) is 0.263. The van der Waals surface area contributed by atoms with Crippen LogP contribution in [-0.2, 0) is 14.8 Å². The smallest absolute Gasteiger partial charge is 0.243 e. The molecule has 0 atom stereocenters. The van der Waals surface area contributed by atoms with Crippen LogP contribution in [0.4, 0.5) is 8.78 Å². The summed E-state index contributed by atoms with van der Waals surface area (Å²) in [6.07, 6.45) is 2.13. The molecule has 0 saturated carbocycles. The van der Waals surface area contributed by atoms with Crippen LogP contribution in [0, 0.1) is 17.6 Å². The van der Waals surface area contributed by atoms with Crippen molar-refractivity contribution in [2.75, 3.05) is 13.1 Å². The van der Waals surface area contributed by atoms with Crippen molar-refractivity contribution >= 4 is 22.1 Å². The topological polar surface area (TPSA) is 78.8 Å². The zero-order valence-corrected chi connectivity index (χ0v) is 15.7. The number of hydrazone groups is 1. The Kier molecular flexibility index (Phi) is 6.15. The highest BCUT2D eigenvalue weighted by Crippen LogP contribution is 2.24. The van der Waals surface area contributed by atoms with Gasteiger partial charge in [0, 0.05) is 19.0 Å². The minimum absolute atomic E-state index is 0.0284. The monoisotopic (exact) mass is 407 g/mol. The van der Waals surface area contributed by atoms with E-state index >= 15 is 0 Å². The van der Waals surface area contributed by atoms with Crippen molar-refractivity contribution in [3.63, 3.8) is 0 Å². The largest absolute Gasteiger partial charge is 0.273 e. The van der Waals surface area contributed by atoms with Crippen molar-refractivity contribution < 1.29 is 22.0 Å². The number of piperidine rings is 1. The summed E-state index contributed by atoms with van der Waals surface area (Å²) in [4.78, 5) is 12.2. The Morgan fingerprint density at radius 3 is 2.11 bits per heavy atom. The lowest BCUT2D eigenvalue weighted by Gasteiger charge is -2.30. The van der Waals surface area contributed by atoms with Gasteiger partial charge in [-0.1, -0.05) is 12.1 Å². The molecule has 1 aliphatic heterocycles. The molecule has 0 unspecified atom stereocenters. The number of hydrogen-bond donors (Lipinski definition) is 1. The molecule has 2 aromatic carbocycles. The van der Waals surface area contributed by atoms with Crippen LogP contribution < -0.4 is 5.43 Å². The maximum atomic E-state index is 13.0. The first-order valence-corrected chi connectivity index (χ1v) is 10.1. The van der Waals surface area contributed by atoms with Gasteiger partial charge in [-0.25, -0.2) is 22.6 Å². The SMILES string of the molecule is O=C(N/N=C\c1ccc(F)cc1)C1CCN(S(=O)(=O)c2ccc(F)cc2)CC1. The van der Waals surface area contributed by atoms with Gasteiger partial charge in [-0.15, -0.1) is 0 Å². The number of carbonyl (C=O) groups is 1. The Morgan fingerprint density at radius 2 is 1.54 bits per heavy atom. The lowest BCUT2D eigenvalue weighted by molar-refractivity contribution is -0.126. The van der Waals surface area contributed by atoms with Crippen LogP contribution in [-0.4, -0.2) is 37.9 Å². The summed E-state index contributed by atoms with van der Waals surface area (Å²) in [5.41, 5.74) is 3.07. The van der Waals surface area contributed by atoms with Gasteiger partial charge >= 0.3 is 0 Å². The van der Waals surface area contributed by atoms with E-state index in [1.165, 1.54) is 46.9 Å². The summed E-state index contributed by atoms with van der Waals surface area (Å²) in [6.45, 7) is 0.388. The Bertz CT molecular complexity index is 953. The molecule has 9 heteroatoms. The molecule has 1 amide bonds. The van der Waals surface area contributed by atoms with Crippen LogP contribution in [0.25, 0.3) is 0 Å². The lowest BCUT2D eigenvalue weighted by atomic mass is 9.98. The van der Waals surface area contributed by atoms with E-state index in [1.807, 2.05) is 0 Å². The average molecular weight is 407 g/mol. The number of sulfonamides is 1. The van der Waals surface area contributed by atoms with Crippen LogP contribution in [0.3, 0.4) is 0 Å². The van der Waals surface area contributed by atoms with Gasteiger partial charge in [0.2, 0.25) is 15.9 Å². The van der Waals surface area contributed by atoms with Crippen LogP contribution in [0.1, 0.15) is 18.4 Å². The number of nitrogens with zero attached hydrogens (tertiary/aromatic N) is 2. The van der Waals surface area contributed by atoms with Gasteiger partial charge in [0.15, 0.2) is 0 Å². The molecule has 1 N–H and O–H groups in total. The number of hydrogen-bond acceptors (Lipinski definition) is 4. The molecule has 0 radical (unpaired) electrons. The standard InChI is InChI=1S/C19H19F2N3O3S/c20-16-3-1-14(2-4-16)13-22-23-19(25)15-9-11-24(12-10-15)28(26,27)18-7-5-17(21)6-8-18/h1-8,13,15H,9-12H2,(H,23,25)/b22-13-. The molecule has 28 heavy (non-hydrogen) atoms. The summed E-state index contributed by atoms with van der Waals surface area (Å²) < 4.78 is 52.3. The highest BCUT2D eigenvalue weighted by atomic mass is 32.2. The van der Waals surface area contributed by atoms with Gasteiger partial charge in [-0.3, -0.25) is 4.79 Å². The fourth-order valence-corrected chi connectivity index (χ4v) is 4.39. The van der Waals surface area contributed by atoms with Gasteiger partial charge in [0.1, 0.15) is 11.6 Å². The van der Waals surface area contributed by atoms with E-state index in [2.05, 4.69) is 10.5 Å². The molecule has 0 aliphatic carbocycles. The van der Waals surface area contributed by atoms with Crippen LogP contribution in [0.2, 0.25) is 0 Å². The highest BCUT2D eigenvalue weighted by molar-refractivity contribution is 7.89. The third-order valence-electron chi connectivity index (χ3n) is 4.53. The van der Waals surface area contributed by atoms with Crippen molar-refractivity contribution in [2.45, 2.75) is 17.7 Å². The Balaban J connectivity index is 1.53. The summed E-state index contributed by atoms with van der Waals surface area (Å²) in [7, 11) is -3.71. The van der Waals surface area contributed by atoms with Gasteiger partial charge in [0.25, 0.3) is 0 Å². The average Bonchev–Trinajstić information content (AvgIpc) is 2.70. The van der Waals surface area contributed by atoms with Crippen molar-refractivity contribution in [2.24, 2.45) is 11.0 Å². The van der Waals surface area contributed by atoms with E-state index in [0.717, 1.165) is 12.1 Å². The number of rotatable bonds is 5. The summed E-state index contributed by atoms with van der Waals surface area (Å²) in [5, 5.41) is 3.86. The first-order valence-electron chi connectivity index (χ1n) is 8.70. The molecule has 1 aliphatic rings. The van der Waals surface area contributed by atoms with Crippen LogP contribution in [0.15, 0.2) is 58.5 Å². The molecule has 1 saturated heterocycles. The van der Waals surface area contributed by atoms with Crippen molar-refractivity contribution in [3.05, 3.63) is 65.7 Å². The van der Waals surface area contributed by atoms with E-state index in [1.54, 1.807) is 0 Å². The quantitative estimate of drug-likeness (QED) is 0.611. The van der Waals surface area contributed by atoms with Gasteiger partial charge in [-0.2, -0.15) is 9.41 Å². The van der Waals surface area contributed by atoms with Crippen LogP contribution in [0.5, 0.6) is 0 Å². The van der Waals surface area contributed by atoms with Gasteiger partial charge in [0.05, 0.1) is 11.1 Å². The van der Waals surface area contributed by atoms with Gasteiger partial charge in [-0.05, 0) is 54.8 Å². The van der Waals surface area contributed by atoms with E-state index in [0.29, 0.717) is 18.4 Å². The molecule has 148 valence electrons. The molecule has 0 spiro atoms. The Morgan fingerprint density at radius 1 is 1.00 bits per heavy atom. The third kappa shape index (κ3) is 4.79. The third-order valence-corrected chi connectivity index (χ3v) is 6.45. The molecule has 0 bridgehead atoms. The summed E-state index contributed by atoms with van der Waals surface area (Å²) in [5.74, 6) is -1.51. The molecule has 3 rings (SSSR count). The normalized spacial score (nSPS) is 16.4. The second kappa shape index (κ2) is 8.57. The predicted octanol–water partition coefficient (Wildman–Crippen LogP) is 2.52. The van der Waals surface area contributed by atoms with Crippen molar-refractivity contribution in [1.29, 1.82) is 0 Å². The van der Waals surface area contributed by atoms with E-state index in [9.17, 15) is 22.0 Å². The Hall–Kier alpha value is -2.65. The minimum Gasteiger partial charge on any atom is -0.273 e. The van der Waals surface area contributed by atoms with Crippen molar-refractivity contribution in [3.8, 4) is 0 Å². The first kappa shape index (κ1) is 20.1. The molecule has 0 aromatic heterocycles. The molecule has 1 heterocycles. The number of carbonyl (C=O) groups excluding carboxylic acids is 1. The molecule has 2 aromatic rings. The maximum absolute atomic E-state index is 13.0. The zero-order valence-electron chi connectivity index (χ0n) is 14.9. The maximum Gasteiger partial charge on any atom is 0.243 e. The molecule has 1 fully saturated rings. The first-order chi connectivity index (χ1) is 13.4. The summed E-state index contributed by atoms with van der Waals surface area (Å²) in [6, 6.07) is 10.3. The predicted molar refractivity (Wildman–Crippen MR) is 100 cm³/mol. The zero-order chi connectivity index (χ0) is 20.1. The molecule has 6 nitrogen and oxygen atoms in total. The number of nitrogens with one attached hydrogen (secondary N) is 1. The van der Waals surface area contributed by atoms with E-state index in [4.69, 9.17) is 0 Å². The van der Waals surface area contributed by atoms with Gasteiger partial charge < -0.3 is 0 Å². The lowest BCUT2D eigenvalue weighted by Crippen LogP contribution is -2.42. The van der Waals surface area contributed by atoms with Crippen LogP contribution >= 0.6 is 0 Å². The molecular formula is C19H19F2N3O3S. The second-order valence-corrected chi connectivity index (χ2v) is 8.36. The fourth-order valence-electron chi connectivity index (χ4n) is 2.92. The van der Waals surface area contributed by atoms with Crippen molar-refractivity contribution in [1.82, 2.24) is 9.73 Å². The number of amides is 1.